The second kappa shape index (κ2) is 8.36. The Morgan fingerprint density at radius 1 is 0.765 bits per heavy atom. The number of hydrogen-bond donors (Lipinski definition) is 0. The molecule has 0 atom stereocenters. The van der Waals surface area contributed by atoms with Crippen LogP contribution in [0.25, 0.3) is 0 Å². The minimum absolute atomic E-state index is 0.357. The first-order valence-corrected chi connectivity index (χ1v) is 10.8. The molecule has 0 aliphatic carbocycles. The Morgan fingerprint density at radius 3 is 1.47 bits per heavy atom. The molecule has 5 nitrogen and oxygen atoms in total. The maximum absolute atomic E-state index is 5.81. The fraction of sp³-hybridized carbons (Fsp3) is 1.00. The van der Waals surface area contributed by atoms with Crippen LogP contribution in [0.15, 0.2) is 0 Å². The zero-order valence-electron chi connectivity index (χ0n) is 11.9. The van der Waals surface area contributed by atoms with Crippen LogP contribution in [0.5, 0.6) is 0 Å². The third-order valence-electron chi connectivity index (χ3n) is 2.18. The van der Waals surface area contributed by atoms with Crippen molar-refractivity contribution in [3.63, 3.8) is 0 Å². The summed E-state index contributed by atoms with van der Waals surface area (Å²) in [6.07, 6.45) is 0.357. The highest BCUT2D eigenvalue weighted by molar-refractivity contribution is 6.67. The summed E-state index contributed by atoms with van der Waals surface area (Å²) in [6.45, 7) is 11.4. The topological polar surface area (TPSA) is 46.2 Å². The van der Waals surface area contributed by atoms with E-state index in [1.165, 1.54) is 0 Å². The Bertz CT molecular complexity index is 184. The van der Waals surface area contributed by atoms with E-state index in [-0.39, 0.29) is 0 Å². The largest absolute Gasteiger partial charge is 0.526 e. The van der Waals surface area contributed by atoms with Crippen molar-refractivity contribution in [3.05, 3.63) is 0 Å². The van der Waals surface area contributed by atoms with Gasteiger partial charge in [0.2, 0.25) is 0 Å². The highest BCUT2D eigenvalue weighted by Gasteiger charge is 2.43. The second-order valence-corrected chi connectivity index (χ2v) is 9.89. The van der Waals surface area contributed by atoms with Crippen LogP contribution in [0.4, 0.5) is 0 Å². The molecule has 0 saturated carbocycles. The van der Waals surface area contributed by atoms with Gasteiger partial charge < -0.3 is 22.1 Å². The summed E-state index contributed by atoms with van der Waals surface area (Å²) in [5, 5.41) is 0. The van der Waals surface area contributed by atoms with Gasteiger partial charge >= 0.3 is 17.4 Å². The SMILES string of the molecule is CCO[Si](CO[Si](C)(C)OC)(OCC)OCC. The first-order chi connectivity index (χ1) is 7.95. The lowest BCUT2D eigenvalue weighted by atomic mass is 10.9. The lowest BCUT2D eigenvalue weighted by Gasteiger charge is -2.31. The zero-order valence-corrected chi connectivity index (χ0v) is 13.9. The van der Waals surface area contributed by atoms with Gasteiger partial charge in [0.05, 0.1) is 0 Å². The number of rotatable bonds is 10. The Hall–Kier alpha value is 0.234. The van der Waals surface area contributed by atoms with E-state index in [0.717, 1.165) is 0 Å². The van der Waals surface area contributed by atoms with Crippen LogP contribution in [-0.2, 0) is 22.1 Å². The zero-order chi connectivity index (χ0) is 13.4. The fourth-order valence-electron chi connectivity index (χ4n) is 1.23. The highest BCUT2D eigenvalue weighted by Crippen LogP contribution is 2.14. The van der Waals surface area contributed by atoms with Crippen LogP contribution in [0.2, 0.25) is 13.1 Å². The molecule has 104 valence electrons. The Morgan fingerprint density at radius 2 is 1.18 bits per heavy atom. The summed E-state index contributed by atoms with van der Waals surface area (Å²) in [5.74, 6) is 0. The molecule has 0 heterocycles. The van der Waals surface area contributed by atoms with E-state index in [0.29, 0.717) is 26.1 Å². The summed E-state index contributed by atoms with van der Waals surface area (Å²) in [4.78, 5) is 0. The molecule has 0 saturated heterocycles. The Labute approximate surface area is 107 Å². The predicted octanol–water partition coefficient (Wildman–Crippen LogP) is 1.94. The van der Waals surface area contributed by atoms with E-state index in [9.17, 15) is 0 Å². The number of hydrogen-bond acceptors (Lipinski definition) is 5. The van der Waals surface area contributed by atoms with Gasteiger partial charge in [0.25, 0.3) is 0 Å². The Kier molecular flexibility index (Phi) is 8.47. The second-order valence-electron chi connectivity index (χ2n) is 3.87. The van der Waals surface area contributed by atoms with Gasteiger partial charge in [-0.25, -0.2) is 0 Å². The van der Waals surface area contributed by atoms with E-state index >= 15 is 0 Å². The summed E-state index contributed by atoms with van der Waals surface area (Å²) < 4.78 is 28.2. The van der Waals surface area contributed by atoms with E-state index < -0.39 is 17.4 Å². The first kappa shape index (κ1) is 17.2. The lowest BCUT2D eigenvalue weighted by Crippen LogP contribution is -2.53. The monoisotopic (exact) mass is 282 g/mol. The molecule has 0 radical (unpaired) electrons. The van der Waals surface area contributed by atoms with Crippen molar-refractivity contribution >= 4 is 17.4 Å². The van der Waals surface area contributed by atoms with E-state index in [1.54, 1.807) is 7.11 Å². The van der Waals surface area contributed by atoms with Crippen molar-refractivity contribution in [2.45, 2.75) is 33.9 Å². The highest BCUT2D eigenvalue weighted by atomic mass is 28.4. The van der Waals surface area contributed by atoms with Gasteiger partial charge in [0.15, 0.2) is 0 Å². The smallest absolute Gasteiger partial charge is 0.398 e. The first-order valence-electron chi connectivity index (χ1n) is 6.06. The minimum atomic E-state index is -2.69. The van der Waals surface area contributed by atoms with Crippen LogP contribution in [0.3, 0.4) is 0 Å². The van der Waals surface area contributed by atoms with Gasteiger partial charge in [-0.3, -0.25) is 0 Å². The quantitative estimate of drug-likeness (QED) is 0.573. The molecule has 0 aromatic heterocycles. The van der Waals surface area contributed by atoms with E-state index in [1.807, 2.05) is 33.9 Å². The normalized spacial score (nSPS) is 13.1. The van der Waals surface area contributed by atoms with Gasteiger partial charge in [0.1, 0.15) is 6.23 Å². The van der Waals surface area contributed by atoms with Crippen molar-refractivity contribution in [1.29, 1.82) is 0 Å². The van der Waals surface area contributed by atoms with Crippen molar-refractivity contribution in [2.75, 3.05) is 33.2 Å². The standard InChI is InChI=1S/C10H26O5Si2/c1-7-12-17(13-8-2,14-9-3)10-15-16(5,6)11-4/h7-10H2,1-6H3. The third kappa shape index (κ3) is 6.65. The Balaban J connectivity index is 4.53. The molecule has 0 spiro atoms. The van der Waals surface area contributed by atoms with Gasteiger partial charge in [-0.15, -0.1) is 0 Å². The van der Waals surface area contributed by atoms with Crippen LogP contribution in [0, 0.1) is 0 Å². The van der Waals surface area contributed by atoms with Crippen molar-refractivity contribution in [1.82, 2.24) is 0 Å². The molecule has 0 aromatic rings. The molecule has 0 aliphatic heterocycles. The minimum Gasteiger partial charge on any atom is -0.398 e. The van der Waals surface area contributed by atoms with Crippen LogP contribution < -0.4 is 0 Å². The molecule has 0 fully saturated rings. The average molecular weight is 282 g/mol. The van der Waals surface area contributed by atoms with Crippen LogP contribution in [-0.4, -0.2) is 50.5 Å². The molecule has 0 aliphatic rings. The van der Waals surface area contributed by atoms with Gasteiger partial charge in [-0.2, -0.15) is 0 Å². The lowest BCUT2D eigenvalue weighted by molar-refractivity contribution is 0.0483. The maximum Gasteiger partial charge on any atom is 0.526 e. The molecular formula is C10H26O5Si2. The average Bonchev–Trinajstić information content (AvgIpc) is 2.28. The summed E-state index contributed by atoms with van der Waals surface area (Å²) in [6, 6.07) is 0. The summed E-state index contributed by atoms with van der Waals surface area (Å²) in [5.41, 5.74) is 0. The van der Waals surface area contributed by atoms with Crippen molar-refractivity contribution in [2.24, 2.45) is 0 Å². The van der Waals surface area contributed by atoms with Gasteiger partial charge in [-0.1, -0.05) is 0 Å². The maximum atomic E-state index is 5.81. The molecular weight excluding hydrogens is 256 g/mol. The summed E-state index contributed by atoms with van der Waals surface area (Å²) >= 11 is 0. The fourth-order valence-corrected chi connectivity index (χ4v) is 5.27. The van der Waals surface area contributed by atoms with E-state index in [4.69, 9.17) is 22.1 Å². The van der Waals surface area contributed by atoms with Crippen molar-refractivity contribution < 1.29 is 22.1 Å². The molecule has 17 heavy (non-hydrogen) atoms. The molecule has 0 rings (SSSR count). The third-order valence-corrected chi connectivity index (χ3v) is 6.98. The van der Waals surface area contributed by atoms with Crippen LogP contribution >= 0.6 is 0 Å². The molecule has 7 heteroatoms. The van der Waals surface area contributed by atoms with E-state index in [2.05, 4.69) is 0 Å². The van der Waals surface area contributed by atoms with Gasteiger partial charge in [-0.05, 0) is 33.9 Å². The predicted molar refractivity (Wildman–Crippen MR) is 71.1 cm³/mol. The van der Waals surface area contributed by atoms with Gasteiger partial charge in [0, 0.05) is 26.9 Å². The van der Waals surface area contributed by atoms with Crippen LogP contribution in [0.1, 0.15) is 20.8 Å². The van der Waals surface area contributed by atoms with Crippen molar-refractivity contribution in [3.8, 4) is 0 Å². The molecule has 0 amide bonds. The molecule has 0 bridgehead atoms. The molecule has 0 N–H and O–H groups in total. The molecule has 0 unspecified atom stereocenters. The molecule has 0 aromatic carbocycles. The summed E-state index contributed by atoms with van der Waals surface area (Å²) in [7, 11) is -3.10.